The summed E-state index contributed by atoms with van der Waals surface area (Å²) in [6, 6.07) is 18.2. The Morgan fingerprint density at radius 1 is 0.957 bits per heavy atom. The molecule has 23 heavy (non-hydrogen) atoms. The van der Waals surface area contributed by atoms with E-state index in [1.807, 2.05) is 42.5 Å². The number of aliphatic imine (C=N–C) groups is 1. The van der Waals surface area contributed by atoms with E-state index in [9.17, 15) is 0 Å². The molecule has 0 heterocycles. The van der Waals surface area contributed by atoms with Gasteiger partial charge in [0.1, 0.15) is 12.4 Å². The molecular formula is C19H25N3O. The Morgan fingerprint density at radius 2 is 1.65 bits per heavy atom. The number of nitrogens with one attached hydrogen (secondary N) is 2. The van der Waals surface area contributed by atoms with Crippen molar-refractivity contribution in [3.05, 3.63) is 65.7 Å². The molecule has 2 N–H and O–H groups in total. The Kier molecular flexibility index (Phi) is 6.98. The van der Waals surface area contributed by atoms with E-state index in [2.05, 4.69) is 34.7 Å². The zero-order valence-corrected chi connectivity index (χ0v) is 13.9. The minimum atomic E-state index is 0.558. The van der Waals surface area contributed by atoms with E-state index >= 15 is 0 Å². The minimum absolute atomic E-state index is 0.558. The Balaban J connectivity index is 1.94. The van der Waals surface area contributed by atoms with E-state index in [-0.39, 0.29) is 0 Å². The second kappa shape index (κ2) is 9.51. The molecule has 2 aromatic carbocycles. The Morgan fingerprint density at radius 3 is 2.35 bits per heavy atom. The Labute approximate surface area is 138 Å². The van der Waals surface area contributed by atoms with Crippen LogP contribution in [0.4, 0.5) is 0 Å². The van der Waals surface area contributed by atoms with Crippen molar-refractivity contribution in [2.45, 2.75) is 26.5 Å². The number of rotatable bonds is 7. The molecular weight excluding hydrogens is 286 g/mol. The van der Waals surface area contributed by atoms with Gasteiger partial charge in [-0.2, -0.15) is 0 Å². The van der Waals surface area contributed by atoms with Crippen LogP contribution < -0.4 is 15.4 Å². The van der Waals surface area contributed by atoms with Crippen molar-refractivity contribution in [3.8, 4) is 5.75 Å². The van der Waals surface area contributed by atoms with Gasteiger partial charge in [0, 0.05) is 20.1 Å². The molecule has 0 aliphatic heterocycles. The number of benzene rings is 2. The van der Waals surface area contributed by atoms with E-state index in [1.165, 1.54) is 11.1 Å². The first kappa shape index (κ1) is 16.9. The van der Waals surface area contributed by atoms with Crippen LogP contribution in [0.5, 0.6) is 5.75 Å². The van der Waals surface area contributed by atoms with Gasteiger partial charge in [-0.15, -0.1) is 0 Å². The normalized spacial score (nSPS) is 11.1. The van der Waals surface area contributed by atoms with Crippen LogP contribution in [0.15, 0.2) is 59.6 Å². The van der Waals surface area contributed by atoms with E-state index in [1.54, 1.807) is 7.05 Å². The maximum atomic E-state index is 5.86. The third-order valence-electron chi connectivity index (χ3n) is 3.47. The van der Waals surface area contributed by atoms with Crippen LogP contribution >= 0.6 is 0 Å². The molecule has 0 radical (unpaired) electrons. The van der Waals surface area contributed by atoms with Crippen LogP contribution in [-0.2, 0) is 13.2 Å². The van der Waals surface area contributed by atoms with Gasteiger partial charge in [0.05, 0.1) is 0 Å². The second-order valence-corrected chi connectivity index (χ2v) is 5.22. The quantitative estimate of drug-likeness (QED) is 0.609. The standard InChI is InChI=1S/C19H25N3O/c1-3-13-21-19(20-2)22-14-16-9-7-8-10-17(16)15-23-18-11-5-4-6-12-18/h4-12H,3,13-15H2,1-2H3,(H2,20,21,22). The van der Waals surface area contributed by atoms with Crippen LogP contribution in [-0.4, -0.2) is 19.6 Å². The molecule has 0 amide bonds. The Hall–Kier alpha value is -2.49. The van der Waals surface area contributed by atoms with Crippen molar-refractivity contribution in [1.82, 2.24) is 10.6 Å². The zero-order valence-electron chi connectivity index (χ0n) is 13.9. The van der Waals surface area contributed by atoms with Crippen molar-refractivity contribution >= 4 is 5.96 Å². The lowest BCUT2D eigenvalue weighted by atomic mass is 10.1. The number of ether oxygens (including phenoxy) is 1. The van der Waals surface area contributed by atoms with Crippen molar-refractivity contribution < 1.29 is 4.74 Å². The molecule has 4 heteroatoms. The highest BCUT2D eigenvalue weighted by Gasteiger charge is 2.04. The largest absolute Gasteiger partial charge is 0.489 e. The predicted molar refractivity (Wildman–Crippen MR) is 95.7 cm³/mol. The summed E-state index contributed by atoms with van der Waals surface area (Å²) >= 11 is 0. The van der Waals surface area contributed by atoms with Crippen LogP contribution in [0, 0.1) is 0 Å². The molecule has 0 saturated carbocycles. The van der Waals surface area contributed by atoms with E-state index in [0.717, 1.165) is 31.2 Å². The smallest absolute Gasteiger partial charge is 0.191 e. The molecule has 0 spiro atoms. The lowest BCUT2D eigenvalue weighted by Gasteiger charge is -2.14. The number of para-hydroxylation sites is 1. The van der Waals surface area contributed by atoms with Gasteiger partial charge in [0.2, 0.25) is 0 Å². The minimum Gasteiger partial charge on any atom is -0.489 e. The van der Waals surface area contributed by atoms with Gasteiger partial charge < -0.3 is 15.4 Å². The highest BCUT2D eigenvalue weighted by atomic mass is 16.5. The van der Waals surface area contributed by atoms with Crippen molar-refractivity contribution in [2.24, 2.45) is 4.99 Å². The molecule has 0 aromatic heterocycles. The van der Waals surface area contributed by atoms with Gasteiger partial charge in [0.15, 0.2) is 5.96 Å². The first-order valence-corrected chi connectivity index (χ1v) is 8.02. The predicted octanol–water partition coefficient (Wildman–Crippen LogP) is 3.34. The third-order valence-corrected chi connectivity index (χ3v) is 3.47. The van der Waals surface area contributed by atoms with Gasteiger partial charge in [0.25, 0.3) is 0 Å². The SMILES string of the molecule is CCCNC(=NC)NCc1ccccc1COc1ccccc1. The molecule has 0 bridgehead atoms. The molecule has 0 aliphatic carbocycles. The summed E-state index contributed by atoms with van der Waals surface area (Å²) < 4.78 is 5.86. The molecule has 4 nitrogen and oxygen atoms in total. The molecule has 0 unspecified atom stereocenters. The maximum Gasteiger partial charge on any atom is 0.191 e. The zero-order chi connectivity index (χ0) is 16.3. The summed E-state index contributed by atoms with van der Waals surface area (Å²) in [5.74, 6) is 1.71. The summed E-state index contributed by atoms with van der Waals surface area (Å²) in [4.78, 5) is 4.23. The van der Waals surface area contributed by atoms with Crippen LogP contribution in [0.1, 0.15) is 24.5 Å². The summed E-state index contributed by atoms with van der Waals surface area (Å²) in [7, 11) is 1.79. The fraction of sp³-hybridized carbons (Fsp3) is 0.316. The topological polar surface area (TPSA) is 45.7 Å². The monoisotopic (exact) mass is 311 g/mol. The molecule has 2 rings (SSSR count). The van der Waals surface area contributed by atoms with Gasteiger partial charge in [-0.1, -0.05) is 49.4 Å². The van der Waals surface area contributed by atoms with E-state index < -0.39 is 0 Å². The second-order valence-electron chi connectivity index (χ2n) is 5.22. The lowest BCUT2D eigenvalue weighted by Crippen LogP contribution is -2.37. The van der Waals surface area contributed by atoms with Gasteiger partial charge in [-0.05, 0) is 29.7 Å². The van der Waals surface area contributed by atoms with Crippen LogP contribution in [0.2, 0.25) is 0 Å². The van der Waals surface area contributed by atoms with E-state index in [4.69, 9.17) is 4.74 Å². The van der Waals surface area contributed by atoms with Gasteiger partial charge in [-0.3, -0.25) is 4.99 Å². The number of hydrogen-bond donors (Lipinski definition) is 2. The molecule has 122 valence electrons. The number of nitrogens with zero attached hydrogens (tertiary/aromatic N) is 1. The first-order chi connectivity index (χ1) is 11.3. The molecule has 0 atom stereocenters. The van der Waals surface area contributed by atoms with Crippen molar-refractivity contribution in [3.63, 3.8) is 0 Å². The fourth-order valence-corrected chi connectivity index (χ4v) is 2.19. The number of hydrogen-bond acceptors (Lipinski definition) is 2. The van der Waals surface area contributed by atoms with E-state index in [0.29, 0.717) is 6.61 Å². The fourth-order valence-electron chi connectivity index (χ4n) is 2.19. The lowest BCUT2D eigenvalue weighted by molar-refractivity contribution is 0.305. The molecule has 0 saturated heterocycles. The molecule has 0 fully saturated rings. The summed E-state index contributed by atoms with van der Waals surface area (Å²) in [5.41, 5.74) is 2.39. The van der Waals surface area contributed by atoms with Crippen LogP contribution in [0.3, 0.4) is 0 Å². The third kappa shape index (κ3) is 5.66. The van der Waals surface area contributed by atoms with Gasteiger partial charge in [-0.25, -0.2) is 0 Å². The number of guanidine groups is 1. The maximum absolute atomic E-state index is 5.86. The summed E-state index contributed by atoms with van der Waals surface area (Å²) in [5, 5.41) is 6.62. The van der Waals surface area contributed by atoms with Crippen molar-refractivity contribution in [1.29, 1.82) is 0 Å². The Bertz CT molecular complexity index is 611. The average molecular weight is 311 g/mol. The first-order valence-electron chi connectivity index (χ1n) is 8.02. The molecule has 0 aliphatic rings. The highest BCUT2D eigenvalue weighted by Crippen LogP contribution is 2.14. The van der Waals surface area contributed by atoms with Gasteiger partial charge >= 0.3 is 0 Å². The summed E-state index contributed by atoms with van der Waals surface area (Å²) in [6.07, 6.45) is 1.07. The average Bonchev–Trinajstić information content (AvgIpc) is 2.62. The highest BCUT2D eigenvalue weighted by molar-refractivity contribution is 5.79. The van der Waals surface area contributed by atoms with Crippen LogP contribution in [0.25, 0.3) is 0 Å². The summed E-state index contributed by atoms with van der Waals surface area (Å²) in [6.45, 7) is 4.33. The molecule has 2 aromatic rings. The van der Waals surface area contributed by atoms with Crippen molar-refractivity contribution in [2.75, 3.05) is 13.6 Å².